The first-order valence-corrected chi connectivity index (χ1v) is 9.52. The van der Waals surface area contributed by atoms with Gasteiger partial charge in [-0.05, 0) is 30.5 Å². The van der Waals surface area contributed by atoms with Gasteiger partial charge in [0.1, 0.15) is 0 Å². The molecule has 0 radical (unpaired) electrons. The average Bonchev–Trinajstić information content (AvgIpc) is 2.62. The average molecular weight is 385 g/mol. The Bertz CT molecular complexity index is 676. The molecule has 1 N–H and O–H groups in total. The molecule has 9 heteroatoms. The maximum atomic E-state index is 13.5. The highest BCUT2D eigenvalue weighted by molar-refractivity contribution is 8.13. The van der Waals surface area contributed by atoms with Crippen LogP contribution in [0.5, 0.6) is 0 Å². The summed E-state index contributed by atoms with van der Waals surface area (Å²) in [6, 6.07) is 4.09. The molecule has 2 rings (SSSR count). The van der Waals surface area contributed by atoms with Gasteiger partial charge in [-0.15, -0.1) is 0 Å². The van der Waals surface area contributed by atoms with Gasteiger partial charge < -0.3 is 4.90 Å². The number of amidine groups is 1. The van der Waals surface area contributed by atoms with Crippen molar-refractivity contribution >= 4 is 22.6 Å². The molecule has 5 nitrogen and oxygen atoms in total. The molecule has 0 atom stereocenters. The molecule has 1 heterocycles. The van der Waals surface area contributed by atoms with Crippen LogP contribution in [0.2, 0.25) is 0 Å². The van der Waals surface area contributed by atoms with E-state index < -0.39 is 11.7 Å². The monoisotopic (exact) mass is 385 g/mol. The second-order valence-electron chi connectivity index (χ2n) is 5.91. The Labute approximate surface area is 155 Å². The predicted molar refractivity (Wildman–Crippen MR) is 98.2 cm³/mol. The lowest BCUT2D eigenvalue weighted by molar-refractivity contribution is -0.138. The van der Waals surface area contributed by atoms with Gasteiger partial charge in [0.15, 0.2) is 11.4 Å². The number of nitrogens with zero attached hydrogens (tertiary/aromatic N) is 4. The Hall–Kier alpha value is -1.76. The van der Waals surface area contributed by atoms with Crippen LogP contribution in [0.4, 0.5) is 18.9 Å². The van der Waals surface area contributed by atoms with E-state index in [1.54, 1.807) is 18.5 Å². The molecule has 1 fully saturated rings. The van der Waals surface area contributed by atoms with E-state index in [-0.39, 0.29) is 23.0 Å². The summed E-state index contributed by atoms with van der Waals surface area (Å²) in [6.45, 7) is 6.57. The second-order valence-corrected chi connectivity index (χ2v) is 6.70. The smallest absolute Gasteiger partial charge is 0.301 e. The molecule has 0 unspecified atom stereocenters. The van der Waals surface area contributed by atoms with Crippen LogP contribution in [0.15, 0.2) is 23.2 Å². The molecular weight excluding hydrogens is 363 g/mol. The maximum absolute atomic E-state index is 13.5. The van der Waals surface area contributed by atoms with Gasteiger partial charge in [0.25, 0.3) is 0 Å². The number of hydrogen-bond donors (Lipinski definition) is 1. The fourth-order valence-electron chi connectivity index (χ4n) is 2.83. The molecule has 142 valence electrons. The van der Waals surface area contributed by atoms with Gasteiger partial charge in [-0.2, -0.15) is 18.4 Å². The molecule has 0 bridgehead atoms. The number of aliphatic imine (C=N–C) groups is 1. The predicted octanol–water partition coefficient (Wildman–Crippen LogP) is 3.26. The van der Waals surface area contributed by atoms with Crippen molar-refractivity contribution in [3.63, 3.8) is 0 Å². The number of rotatable bonds is 4. The summed E-state index contributed by atoms with van der Waals surface area (Å²) in [6.07, 6.45) is -1.03. The minimum Gasteiger partial charge on any atom is -0.301 e. The van der Waals surface area contributed by atoms with E-state index in [9.17, 15) is 13.2 Å². The molecule has 0 amide bonds. The lowest BCUT2D eigenvalue weighted by atomic mass is 10.0. The van der Waals surface area contributed by atoms with E-state index in [0.717, 1.165) is 50.6 Å². The molecule has 0 aromatic heterocycles. The highest BCUT2D eigenvalue weighted by Crippen LogP contribution is 2.35. The zero-order chi connectivity index (χ0) is 19.2. The number of halogens is 3. The summed E-state index contributed by atoms with van der Waals surface area (Å²) in [4.78, 5) is 8.40. The molecule has 1 aliphatic heterocycles. The van der Waals surface area contributed by atoms with E-state index in [0.29, 0.717) is 0 Å². The van der Waals surface area contributed by atoms with Gasteiger partial charge in [0, 0.05) is 32.7 Å². The number of nitrogens with one attached hydrogen (secondary N) is 1. The summed E-state index contributed by atoms with van der Waals surface area (Å²) in [5, 5.41) is 11.3. The van der Waals surface area contributed by atoms with Crippen LogP contribution in [-0.4, -0.2) is 53.9 Å². The number of likely N-dealkylation sites (N-methyl/N-ethyl adjacent to an activating group) is 1. The molecule has 0 saturated carbocycles. The zero-order valence-electron chi connectivity index (χ0n) is 14.8. The molecule has 0 aliphatic carbocycles. The van der Waals surface area contributed by atoms with Crippen LogP contribution < -0.4 is 5.32 Å². The van der Waals surface area contributed by atoms with Crippen molar-refractivity contribution in [3.8, 4) is 6.19 Å². The summed E-state index contributed by atoms with van der Waals surface area (Å²) >= 11 is 1.16. The van der Waals surface area contributed by atoms with Crippen LogP contribution in [0.1, 0.15) is 18.1 Å². The van der Waals surface area contributed by atoms with Crippen LogP contribution in [0.3, 0.4) is 0 Å². The first kappa shape index (κ1) is 20.6. The van der Waals surface area contributed by atoms with Crippen LogP contribution in [0.25, 0.3) is 0 Å². The van der Waals surface area contributed by atoms with Crippen molar-refractivity contribution in [2.45, 2.75) is 19.6 Å². The first-order chi connectivity index (χ1) is 12.4. The fourth-order valence-corrected chi connectivity index (χ4v) is 3.17. The van der Waals surface area contributed by atoms with Gasteiger partial charge in [-0.25, -0.2) is 4.99 Å². The molecule has 0 spiro atoms. The van der Waals surface area contributed by atoms with Crippen molar-refractivity contribution in [2.75, 3.05) is 39.0 Å². The molecule has 26 heavy (non-hydrogen) atoms. The quantitative estimate of drug-likeness (QED) is 0.373. The Morgan fingerprint density at radius 3 is 2.46 bits per heavy atom. The lowest BCUT2D eigenvalue weighted by Crippen LogP contribution is -2.45. The standard InChI is InChI=1S/C17H22F3N5S/c1-3-24-6-8-25(9-7-24)11-13-4-5-14(10-15(13)17(18,19)20)23-16(26-2)22-12-21/h4-5,10H,3,6-9,11H2,1-2H3,(H,22,23). The minimum absolute atomic E-state index is 0.170. The Kier molecular flexibility index (Phi) is 7.32. The molecule has 1 aromatic rings. The highest BCUT2D eigenvalue weighted by atomic mass is 32.2. The van der Waals surface area contributed by atoms with Gasteiger partial charge in [-0.1, -0.05) is 24.8 Å². The Morgan fingerprint density at radius 1 is 1.27 bits per heavy atom. The number of hydrogen-bond acceptors (Lipinski definition) is 5. The van der Waals surface area contributed by atoms with E-state index in [1.807, 2.05) is 4.90 Å². The molecule has 1 aliphatic rings. The summed E-state index contributed by atoms with van der Waals surface area (Å²) < 4.78 is 40.6. The second kappa shape index (κ2) is 9.26. The molecule has 1 saturated heterocycles. The van der Waals surface area contributed by atoms with Crippen molar-refractivity contribution in [3.05, 3.63) is 29.3 Å². The van der Waals surface area contributed by atoms with Gasteiger partial charge >= 0.3 is 6.18 Å². The van der Waals surface area contributed by atoms with E-state index in [4.69, 9.17) is 5.26 Å². The number of benzene rings is 1. The van der Waals surface area contributed by atoms with Crippen molar-refractivity contribution < 1.29 is 13.2 Å². The number of piperazine rings is 1. The highest BCUT2D eigenvalue weighted by Gasteiger charge is 2.34. The van der Waals surface area contributed by atoms with Crippen molar-refractivity contribution in [1.29, 1.82) is 5.26 Å². The van der Waals surface area contributed by atoms with E-state index in [2.05, 4.69) is 22.1 Å². The lowest BCUT2D eigenvalue weighted by Gasteiger charge is -2.34. The third kappa shape index (κ3) is 5.62. The molecule has 1 aromatic carbocycles. The zero-order valence-corrected chi connectivity index (χ0v) is 15.6. The number of alkyl halides is 3. The largest absolute Gasteiger partial charge is 0.416 e. The van der Waals surface area contributed by atoms with Gasteiger partial charge in [0.2, 0.25) is 0 Å². The normalized spacial score (nSPS) is 17.2. The van der Waals surface area contributed by atoms with Crippen LogP contribution >= 0.6 is 11.8 Å². The Morgan fingerprint density at radius 2 is 1.92 bits per heavy atom. The molecular formula is C17H22F3N5S. The van der Waals surface area contributed by atoms with Gasteiger partial charge in [-0.3, -0.25) is 10.2 Å². The summed E-state index contributed by atoms with van der Waals surface area (Å²) in [5.74, 6) is 0. The third-order valence-electron chi connectivity index (χ3n) is 4.29. The SMILES string of the molecule is CCN1CCN(Cc2ccc(N=C(NC#N)SC)cc2C(F)(F)F)CC1. The fraction of sp³-hybridized carbons (Fsp3) is 0.529. The number of nitriles is 1. The van der Waals surface area contributed by atoms with Crippen LogP contribution in [-0.2, 0) is 12.7 Å². The topological polar surface area (TPSA) is 54.7 Å². The van der Waals surface area contributed by atoms with Gasteiger partial charge in [0.05, 0.1) is 11.3 Å². The van der Waals surface area contributed by atoms with Crippen molar-refractivity contribution in [1.82, 2.24) is 15.1 Å². The number of thioether (sulfide) groups is 1. The summed E-state index contributed by atoms with van der Waals surface area (Å²) in [7, 11) is 0. The first-order valence-electron chi connectivity index (χ1n) is 8.30. The van der Waals surface area contributed by atoms with Crippen LogP contribution in [0, 0.1) is 11.5 Å². The minimum atomic E-state index is -4.45. The van der Waals surface area contributed by atoms with E-state index in [1.165, 1.54) is 6.07 Å². The Balaban J connectivity index is 2.23. The van der Waals surface area contributed by atoms with Crippen molar-refractivity contribution in [2.24, 2.45) is 4.99 Å². The summed E-state index contributed by atoms with van der Waals surface area (Å²) in [5.41, 5.74) is -0.251. The maximum Gasteiger partial charge on any atom is 0.416 e. The third-order valence-corrected chi connectivity index (χ3v) is 4.87. The van der Waals surface area contributed by atoms with E-state index >= 15 is 0 Å².